The molecule has 0 bridgehead atoms. The first kappa shape index (κ1) is 16.2. The van der Waals surface area contributed by atoms with Crippen molar-refractivity contribution < 1.29 is 19.0 Å². The lowest BCUT2D eigenvalue weighted by Gasteiger charge is -2.09. The summed E-state index contributed by atoms with van der Waals surface area (Å²) in [6.45, 7) is -0.437. The number of aromatic amines is 1. The Hall–Kier alpha value is -2.67. The highest BCUT2D eigenvalue weighted by atomic mass is 79.9. The molecule has 0 saturated carbocycles. The van der Waals surface area contributed by atoms with E-state index in [1.165, 1.54) is 12.1 Å². The van der Waals surface area contributed by atoms with Crippen LogP contribution in [-0.2, 0) is 4.79 Å². The van der Waals surface area contributed by atoms with E-state index in [-0.39, 0.29) is 5.82 Å². The Labute approximate surface area is 145 Å². The number of aliphatic carboxylic acids is 1. The van der Waals surface area contributed by atoms with E-state index in [0.717, 1.165) is 10.0 Å². The number of ether oxygens (including phenoxy) is 1. The van der Waals surface area contributed by atoms with Gasteiger partial charge in [-0.3, -0.25) is 5.10 Å². The lowest BCUT2D eigenvalue weighted by molar-refractivity contribution is -0.139. The zero-order valence-corrected chi connectivity index (χ0v) is 13.9. The van der Waals surface area contributed by atoms with Crippen molar-refractivity contribution >= 4 is 21.9 Å². The van der Waals surface area contributed by atoms with Gasteiger partial charge in [-0.1, -0.05) is 15.9 Å². The van der Waals surface area contributed by atoms with Crippen LogP contribution in [0.25, 0.3) is 22.5 Å². The summed E-state index contributed by atoms with van der Waals surface area (Å²) in [7, 11) is 0. The maximum atomic E-state index is 13.0. The molecule has 0 saturated heterocycles. The molecule has 3 rings (SSSR count). The molecule has 0 radical (unpaired) electrons. The Morgan fingerprint density at radius 2 is 1.96 bits per heavy atom. The zero-order valence-electron chi connectivity index (χ0n) is 12.3. The fourth-order valence-electron chi connectivity index (χ4n) is 2.21. The van der Waals surface area contributed by atoms with Gasteiger partial charge in [0.25, 0.3) is 0 Å². The first-order chi connectivity index (χ1) is 11.5. The monoisotopic (exact) mass is 390 g/mol. The summed E-state index contributed by atoms with van der Waals surface area (Å²) in [5.74, 6) is -0.943. The third-order valence-electron chi connectivity index (χ3n) is 3.30. The number of hydrogen-bond donors (Lipinski definition) is 2. The fourth-order valence-corrected chi connectivity index (χ4v) is 2.57. The number of benzene rings is 2. The Kier molecular flexibility index (Phi) is 4.61. The molecule has 5 nitrogen and oxygen atoms in total. The van der Waals surface area contributed by atoms with Crippen LogP contribution in [0.5, 0.6) is 5.75 Å². The van der Waals surface area contributed by atoms with Gasteiger partial charge in [0.2, 0.25) is 0 Å². The lowest BCUT2D eigenvalue weighted by Crippen LogP contribution is -2.10. The molecule has 0 amide bonds. The number of aromatic nitrogens is 2. The molecule has 2 aromatic carbocycles. The minimum Gasteiger partial charge on any atom is -0.481 e. The molecule has 3 aromatic rings. The van der Waals surface area contributed by atoms with Gasteiger partial charge in [-0.2, -0.15) is 5.10 Å². The number of carboxylic acid groups (broad SMARTS) is 1. The van der Waals surface area contributed by atoms with Gasteiger partial charge in [-0.25, -0.2) is 9.18 Å². The van der Waals surface area contributed by atoms with Gasteiger partial charge in [0.05, 0.1) is 11.4 Å². The Morgan fingerprint density at radius 1 is 1.21 bits per heavy atom. The standard InChI is InChI=1S/C17H12BrFN2O3/c18-11-3-6-16(24-9-17(22)23)13(7-11)15-8-14(20-21-15)10-1-4-12(19)5-2-10/h1-8H,9H2,(H,20,21)(H,22,23). The first-order valence-electron chi connectivity index (χ1n) is 6.99. The molecule has 24 heavy (non-hydrogen) atoms. The highest BCUT2D eigenvalue weighted by Gasteiger charge is 2.13. The number of nitrogens with zero attached hydrogens (tertiary/aromatic N) is 1. The van der Waals surface area contributed by atoms with E-state index < -0.39 is 12.6 Å². The molecule has 1 aromatic heterocycles. The van der Waals surface area contributed by atoms with Crippen molar-refractivity contribution in [3.63, 3.8) is 0 Å². The zero-order chi connectivity index (χ0) is 17.1. The number of carbonyl (C=O) groups is 1. The quantitative estimate of drug-likeness (QED) is 0.687. The summed E-state index contributed by atoms with van der Waals surface area (Å²) in [4.78, 5) is 10.7. The highest BCUT2D eigenvalue weighted by molar-refractivity contribution is 9.10. The summed E-state index contributed by atoms with van der Waals surface area (Å²) in [5.41, 5.74) is 2.75. The van der Waals surface area contributed by atoms with Crippen molar-refractivity contribution in [3.8, 4) is 28.3 Å². The van der Waals surface area contributed by atoms with Crippen LogP contribution in [0.2, 0.25) is 0 Å². The van der Waals surface area contributed by atoms with E-state index in [9.17, 15) is 9.18 Å². The van der Waals surface area contributed by atoms with E-state index in [1.807, 2.05) is 0 Å². The predicted octanol–water partition coefficient (Wildman–Crippen LogP) is 4.11. The molecule has 122 valence electrons. The molecule has 0 fully saturated rings. The Balaban J connectivity index is 1.95. The number of H-pyrrole nitrogens is 1. The second-order valence-corrected chi connectivity index (χ2v) is 5.91. The second-order valence-electron chi connectivity index (χ2n) is 5.00. The minimum atomic E-state index is -1.06. The predicted molar refractivity (Wildman–Crippen MR) is 90.2 cm³/mol. The molecule has 7 heteroatoms. The van der Waals surface area contributed by atoms with Crippen molar-refractivity contribution in [2.75, 3.05) is 6.61 Å². The minimum absolute atomic E-state index is 0.314. The van der Waals surface area contributed by atoms with Crippen molar-refractivity contribution in [1.82, 2.24) is 10.2 Å². The molecule has 0 aliphatic carbocycles. The molecule has 0 atom stereocenters. The van der Waals surface area contributed by atoms with E-state index >= 15 is 0 Å². The maximum absolute atomic E-state index is 13.0. The van der Waals surface area contributed by atoms with Gasteiger partial charge >= 0.3 is 5.97 Å². The summed E-state index contributed by atoms with van der Waals surface area (Å²) in [6.07, 6.45) is 0. The largest absolute Gasteiger partial charge is 0.481 e. The normalized spacial score (nSPS) is 10.6. The van der Waals surface area contributed by atoms with Crippen LogP contribution in [0.4, 0.5) is 4.39 Å². The van der Waals surface area contributed by atoms with E-state index in [0.29, 0.717) is 22.7 Å². The SMILES string of the molecule is O=C(O)COc1ccc(Br)cc1-c1cc(-c2ccc(F)cc2)n[nH]1. The number of rotatable bonds is 5. The van der Waals surface area contributed by atoms with Gasteiger partial charge in [-0.15, -0.1) is 0 Å². The van der Waals surface area contributed by atoms with Crippen molar-refractivity contribution in [2.45, 2.75) is 0 Å². The lowest BCUT2D eigenvalue weighted by atomic mass is 10.1. The smallest absolute Gasteiger partial charge is 0.341 e. The van der Waals surface area contributed by atoms with E-state index in [1.54, 1.807) is 36.4 Å². The summed E-state index contributed by atoms with van der Waals surface area (Å²) < 4.78 is 19.2. The molecule has 0 unspecified atom stereocenters. The van der Waals surface area contributed by atoms with E-state index in [4.69, 9.17) is 9.84 Å². The highest BCUT2D eigenvalue weighted by Crippen LogP contribution is 2.33. The van der Waals surface area contributed by atoms with Crippen LogP contribution < -0.4 is 4.74 Å². The van der Waals surface area contributed by atoms with E-state index in [2.05, 4.69) is 26.1 Å². The van der Waals surface area contributed by atoms with Crippen molar-refractivity contribution in [1.29, 1.82) is 0 Å². The van der Waals surface area contributed by atoms with Gasteiger partial charge in [0.15, 0.2) is 6.61 Å². The van der Waals surface area contributed by atoms with Crippen molar-refractivity contribution in [2.24, 2.45) is 0 Å². The fraction of sp³-hybridized carbons (Fsp3) is 0.0588. The summed E-state index contributed by atoms with van der Waals surface area (Å²) >= 11 is 3.39. The Morgan fingerprint density at radius 3 is 2.67 bits per heavy atom. The molecule has 1 heterocycles. The average Bonchev–Trinajstić information content (AvgIpc) is 3.04. The van der Waals surface area contributed by atoms with Crippen molar-refractivity contribution in [3.05, 3.63) is 58.8 Å². The third kappa shape index (κ3) is 3.62. The summed E-state index contributed by atoms with van der Waals surface area (Å²) in [6, 6.07) is 13.0. The first-order valence-corrected chi connectivity index (χ1v) is 7.78. The molecule has 0 aliphatic rings. The third-order valence-corrected chi connectivity index (χ3v) is 3.79. The van der Waals surface area contributed by atoms with Gasteiger partial charge in [0.1, 0.15) is 11.6 Å². The van der Waals surface area contributed by atoms with Crippen LogP contribution in [0.1, 0.15) is 0 Å². The number of nitrogens with one attached hydrogen (secondary N) is 1. The van der Waals surface area contributed by atoms with Crippen LogP contribution in [0, 0.1) is 5.82 Å². The summed E-state index contributed by atoms with van der Waals surface area (Å²) in [5, 5.41) is 15.9. The molecular weight excluding hydrogens is 379 g/mol. The van der Waals surface area contributed by atoms with Gasteiger partial charge in [0, 0.05) is 15.6 Å². The maximum Gasteiger partial charge on any atom is 0.341 e. The molecule has 0 spiro atoms. The molecule has 0 aliphatic heterocycles. The topological polar surface area (TPSA) is 75.2 Å². The number of hydrogen-bond acceptors (Lipinski definition) is 3. The van der Waals surface area contributed by atoms with Crippen LogP contribution >= 0.6 is 15.9 Å². The number of halogens is 2. The molecule has 2 N–H and O–H groups in total. The molecular formula is C17H12BrFN2O3. The van der Waals surface area contributed by atoms with Gasteiger partial charge in [-0.05, 0) is 48.5 Å². The Bertz CT molecular complexity index is 878. The van der Waals surface area contributed by atoms with Gasteiger partial charge < -0.3 is 9.84 Å². The second kappa shape index (κ2) is 6.84. The van der Waals surface area contributed by atoms with Crippen LogP contribution in [-0.4, -0.2) is 27.9 Å². The average molecular weight is 391 g/mol. The van der Waals surface area contributed by atoms with Crippen LogP contribution in [0.3, 0.4) is 0 Å². The number of carboxylic acids is 1. The van der Waals surface area contributed by atoms with Crippen LogP contribution in [0.15, 0.2) is 53.0 Å².